The first-order valence-electron chi connectivity index (χ1n) is 7.99. The maximum atomic E-state index is 12.4. The number of rotatable bonds is 6. The fraction of sp³-hybridized carbons (Fsp3) is 0.0455. The molecule has 0 aliphatic carbocycles. The summed E-state index contributed by atoms with van der Waals surface area (Å²) in [5.41, 5.74) is 2.20. The first-order chi connectivity index (χ1) is 12.2. The van der Waals surface area contributed by atoms with E-state index in [1.54, 1.807) is 24.3 Å². The van der Waals surface area contributed by atoms with Crippen molar-refractivity contribution >= 4 is 11.9 Å². The lowest BCUT2D eigenvalue weighted by atomic mass is 10.1. The van der Waals surface area contributed by atoms with E-state index in [9.17, 15) is 9.90 Å². The number of hydrogen-bond acceptors (Lipinski definition) is 3. The zero-order valence-corrected chi connectivity index (χ0v) is 13.6. The molecule has 1 N–H and O–H groups in total. The molecule has 25 heavy (non-hydrogen) atoms. The van der Waals surface area contributed by atoms with E-state index < -0.39 is 5.78 Å². The summed E-state index contributed by atoms with van der Waals surface area (Å²) in [7, 11) is 0. The summed E-state index contributed by atoms with van der Waals surface area (Å²) in [5, 5.41) is 10.1. The Hall–Kier alpha value is -3.33. The van der Waals surface area contributed by atoms with Crippen LogP contribution in [0.3, 0.4) is 0 Å². The molecule has 0 radical (unpaired) electrons. The molecule has 0 saturated heterocycles. The van der Waals surface area contributed by atoms with Crippen molar-refractivity contribution < 1.29 is 14.6 Å². The Labute approximate surface area is 146 Å². The molecule has 0 fully saturated rings. The minimum absolute atomic E-state index is 0.300. The summed E-state index contributed by atoms with van der Waals surface area (Å²) >= 11 is 0. The van der Waals surface area contributed by atoms with Crippen LogP contribution < -0.4 is 4.74 Å². The van der Waals surface area contributed by atoms with Gasteiger partial charge in [0.15, 0.2) is 5.76 Å². The van der Waals surface area contributed by atoms with Crippen LogP contribution in [-0.2, 0) is 6.61 Å². The van der Waals surface area contributed by atoms with Crippen molar-refractivity contribution in [2.75, 3.05) is 0 Å². The maximum absolute atomic E-state index is 12.4. The molecule has 0 bridgehead atoms. The first kappa shape index (κ1) is 16.5. The average molecular weight is 330 g/mol. The second-order valence-electron chi connectivity index (χ2n) is 5.57. The quantitative estimate of drug-likeness (QED) is 0.391. The van der Waals surface area contributed by atoms with Crippen molar-refractivity contribution in [3.8, 4) is 5.75 Å². The molecule has 0 aliphatic heterocycles. The number of ether oxygens (including phenoxy) is 1. The second-order valence-corrected chi connectivity index (χ2v) is 5.57. The highest BCUT2D eigenvalue weighted by Crippen LogP contribution is 2.18. The van der Waals surface area contributed by atoms with Crippen molar-refractivity contribution in [3.05, 3.63) is 107 Å². The molecule has 3 aromatic carbocycles. The summed E-state index contributed by atoms with van der Waals surface area (Å²) in [6, 6.07) is 25.8. The van der Waals surface area contributed by atoms with E-state index in [0.717, 1.165) is 11.1 Å². The minimum atomic E-state index is -0.436. The van der Waals surface area contributed by atoms with Gasteiger partial charge in [0.2, 0.25) is 5.78 Å². The van der Waals surface area contributed by atoms with Crippen LogP contribution in [0.25, 0.3) is 6.08 Å². The molecule has 0 saturated carbocycles. The SMILES string of the molecule is O=C(C(O)=Cc1ccccc1)c1cccc(OCc2ccccc2)c1. The Morgan fingerprint density at radius 3 is 2.28 bits per heavy atom. The molecule has 0 aliphatic rings. The smallest absolute Gasteiger partial charge is 0.227 e. The number of Topliss-reactive ketones (excluding diaryl/α,β-unsaturated/α-hetero) is 1. The molecule has 3 heteroatoms. The zero-order chi connectivity index (χ0) is 17.5. The third-order valence-electron chi connectivity index (χ3n) is 3.68. The summed E-state index contributed by atoms with van der Waals surface area (Å²) in [5.74, 6) is -0.150. The fourth-order valence-corrected chi connectivity index (χ4v) is 2.39. The van der Waals surface area contributed by atoms with E-state index in [1.807, 2.05) is 60.7 Å². The van der Waals surface area contributed by atoms with E-state index in [-0.39, 0.29) is 5.76 Å². The van der Waals surface area contributed by atoms with Gasteiger partial charge in [-0.15, -0.1) is 0 Å². The summed E-state index contributed by atoms with van der Waals surface area (Å²) in [4.78, 5) is 12.4. The van der Waals surface area contributed by atoms with E-state index in [0.29, 0.717) is 17.9 Å². The van der Waals surface area contributed by atoms with E-state index in [2.05, 4.69) is 0 Å². The maximum Gasteiger partial charge on any atom is 0.227 e. The van der Waals surface area contributed by atoms with Crippen LogP contribution in [-0.4, -0.2) is 10.9 Å². The molecule has 0 aromatic heterocycles. The number of carbonyl (C=O) groups is 1. The predicted molar refractivity (Wildman–Crippen MR) is 98.6 cm³/mol. The van der Waals surface area contributed by atoms with Crippen LogP contribution in [0.2, 0.25) is 0 Å². The highest BCUT2D eigenvalue weighted by atomic mass is 16.5. The molecule has 3 rings (SSSR count). The highest BCUT2D eigenvalue weighted by molar-refractivity contribution is 6.09. The van der Waals surface area contributed by atoms with Crippen molar-refractivity contribution in [3.63, 3.8) is 0 Å². The number of carbonyl (C=O) groups excluding carboxylic acids is 1. The van der Waals surface area contributed by atoms with E-state index in [4.69, 9.17) is 4.74 Å². The Morgan fingerprint density at radius 2 is 1.56 bits per heavy atom. The highest BCUT2D eigenvalue weighted by Gasteiger charge is 2.12. The molecule has 0 unspecified atom stereocenters. The molecule has 0 heterocycles. The third-order valence-corrected chi connectivity index (χ3v) is 3.68. The topological polar surface area (TPSA) is 46.5 Å². The standard InChI is InChI=1S/C22H18O3/c23-21(14-17-8-3-1-4-9-17)22(24)19-12-7-13-20(15-19)25-16-18-10-5-2-6-11-18/h1-15,23H,16H2. The summed E-state index contributed by atoms with van der Waals surface area (Å²) in [6.45, 7) is 0.421. The monoisotopic (exact) mass is 330 g/mol. The molecule has 0 atom stereocenters. The largest absolute Gasteiger partial charge is 0.504 e. The molecule has 0 spiro atoms. The van der Waals surface area contributed by atoms with Crippen molar-refractivity contribution in [2.24, 2.45) is 0 Å². The van der Waals surface area contributed by atoms with Gasteiger partial charge >= 0.3 is 0 Å². The fourth-order valence-electron chi connectivity index (χ4n) is 2.39. The zero-order valence-electron chi connectivity index (χ0n) is 13.6. The van der Waals surface area contributed by atoms with Crippen molar-refractivity contribution in [2.45, 2.75) is 6.61 Å². The molecule has 0 amide bonds. The number of ketones is 1. The molecular formula is C22H18O3. The predicted octanol–water partition coefficient (Wildman–Crippen LogP) is 5.05. The molecule has 124 valence electrons. The van der Waals surface area contributed by atoms with Crippen LogP contribution in [0.4, 0.5) is 0 Å². The van der Waals surface area contributed by atoms with Gasteiger partial charge < -0.3 is 9.84 Å². The van der Waals surface area contributed by atoms with Crippen molar-refractivity contribution in [1.82, 2.24) is 0 Å². The second kappa shape index (κ2) is 7.97. The number of hydrogen-bond donors (Lipinski definition) is 1. The summed E-state index contributed by atoms with van der Waals surface area (Å²) < 4.78 is 5.73. The summed E-state index contributed by atoms with van der Waals surface area (Å²) in [6.07, 6.45) is 1.46. The van der Waals surface area contributed by atoms with Gasteiger partial charge in [0.1, 0.15) is 12.4 Å². The average Bonchev–Trinajstić information content (AvgIpc) is 2.67. The van der Waals surface area contributed by atoms with Gasteiger partial charge in [0, 0.05) is 5.56 Å². The van der Waals surface area contributed by atoms with Gasteiger partial charge in [-0.1, -0.05) is 72.8 Å². The number of aliphatic hydroxyl groups is 1. The Balaban J connectivity index is 1.72. The molecule has 3 nitrogen and oxygen atoms in total. The van der Waals surface area contributed by atoms with E-state index in [1.165, 1.54) is 6.08 Å². The molecule has 3 aromatic rings. The van der Waals surface area contributed by atoms with Crippen LogP contribution in [0.5, 0.6) is 5.75 Å². The number of allylic oxidation sites excluding steroid dienone is 1. The third kappa shape index (κ3) is 4.58. The van der Waals surface area contributed by atoms with E-state index >= 15 is 0 Å². The number of benzene rings is 3. The van der Waals surface area contributed by atoms with Gasteiger partial charge in [-0.25, -0.2) is 0 Å². The Bertz CT molecular complexity index is 868. The lowest BCUT2D eigenvalue weighted by Gasteiger charge is -2.08. The lowest BCUT2D eigenvalue weighted by molar-refractivity contribution is 0.0980. The van der Waals surface area contributed by atoms with Crippen LogP contribution in [0, 0.1) is 0 Å². The normalized spacial score (nSPS) is 11.1. The van der Waals surface area contributed by atoms with Gasteiger partial charge in [0.25, 0.3) is 0 Å². The van der Waals surface area contributed by atoms with Gasteiger partial charge in [-0.2, -0.15) is 0 Å². The lowest BCUT2D eigenvalue weighted by Crippen LogP contribution is -2.03. The van der Waals surface area contributed by atoms with Crippen LogP contribution in [0.1, 0.15) is 21.5 Å². The molecular weight excluding hydrogens is 312 g/mol. The first-order valence-corrected chi connectivity index (χ1v) is 7.99. The minimum Gasteiger partial charge on any atom is -0.504 e. The van der Waals surface area contributed by atoms with Gasteiger partial charge in [0.05, 0.1) is 0 Å². The Kier molecular flexibility index (Phi) is 5.27. The Morgan fingerprint density at radius 1 is 0.880 bits per heavy atom. The van der Waals surface area contributed by atoms with Crippen LogP contribution >= 0.6 is 0 Å². The van der Waals surface area contributed by atoms with Crippen LogP contribution in [0.15, 0.2) is 90.7 Å². The van der Waals surface area contributed by atoms with Gasteiger partial charge in [-0.3, -0.25) is 4.79 Å². The van der Waals surface area contributed by atoms with Gasteiger partial charge in [-0.05, 0) is 29.3 Å². The van der Waals surface area contributed by atoms with Crippen molar-refractivity contribution in [1.29, 1.82) is 0 Å². The number of aliphatic hydroxyl groups excluding tert-OH is 1.